The van der Waals surface area contributed by atoms with Crippen LogP contribution in [0.4, 0.5) is 0 Å². The van der Waals surface area contributed by atoms with E-state index in [1.807, 2.05) is 36.4 Å². The molecule has 0 spiro atoms. The Hall–Kier alpha value is -7.86. The lowest BCUT2D eigenvalue weighted by Crippen LogP contribution is -1.98. The Morgan fingerprint density at radius 2 is 0.891 bits per heavy atom. The van der Waals surface area contributed by atoms with Crippen LogP contribution in [-0.2, 0) is 0 Å². The van der Waals surface area contributed by atoms with Crippen LogP contribution in [0.1, 0.15) is 11.1 Å². The maximum absolute atomic E-state index is 10.6. The molecule has 5 heteroatoms. The first-order valence-electron chi connectivity index (χ1n) is 18.3. The minimum Gasteiger partial charge on any atom is -0.309 e. The molecule has 254 valence electrons. The molecule has 0 bridgehead atoms. The van der Waals surface area contributed by atoms with Gasteiger partial charge in [0.25, 0.3) is 0 Å². The predicted molar refractivity (Wildman–Crippen MR) is 224 cm³/mol. The third kappa shape index (κ3) is 4.39. The predicted octanol–water partition coefficient (Wildman–Crippen LogP) is 12.4. The van der Waals surface area contributed by atoms with Crippen LogP contribution in [0.15, 0.2) is 176 Å². The van der Waals surface area contributed by atoms with Crippen LogP contribution >= 0.6 is 0 Å². The molecule has 55 heavy (non-hydrogen) atoms. The number of rotatable bonds is 4. The molecule has 0 amide bonds. The summed E-state index contributed by atoms with van der Waals surface area (Å²) in [5, 5.41) is 27.6. The van der Waals surface area contributed by atoms with Gasteiger partial charge in [0.2, 0.25) is 0 Å². The third-order valence-electron chi connectivity index (χ3n) is 11.1. The van der Waals surface area contributed by atoms with E-state index < -0.39 is 0 Å². The van der Waals surface area contributed by atoms with Gasteiger partial charge in [-0.3, -0.25) is 0 Å². The molecule has 0 fully saturated rings. The summed E-state index contributed by atoms with van der Waals surface area (Å²) in [7, 11) is 0. The van der Waals surface area contributed by atoms with E-state index in [1.165, 1.54) is 32.6 Å². The van der Waals surface area contributed by atoms with Crippen molar-refractivity contribution in [1.29, 1.82) is 10.5 Å². The van der Waals surface area contributed by atoms with E-state index >= 15 is 0 Å². The average Bonchev–Trinajstić information content (AvgIpc) is 3.89. The van der Waals surface area contributed by atoms with Crippen molar-refractivity contribution in [3.63, 3.8) is 0 Å². The van der Waals surface area contributed by atoms with E-state index in [-0.39, 0.29) is 0 Å². The van der Waals surface area contributed by atoms with Gasteiger partial charge in [0.05, 0.1) is 56.0 Å². The van der Waals surface area contributed by atoms with E-state index in [0.717, 1.165) is 61.0 Å². The molecular weight excluding hydrogens is 671 g/mol. The first-order valence-corrected chi connectivity index (χ1v) is 18.3. The van der Waals surface area contributed by atoms with Crippen molar-refractivity contribution >= 4 is 65.4 Å². The van der Waals surface area contributed by atoms with E-state index in [9.17, 15) is 10.5 Å². The van der Waals surface area contributed by atoms with Crippen LogP contribution in [-0.4, -0.2) is 13.7 Å². The molecule has 0 radical (unpaired) electrons. The van der Waals surface area contributed by atoms with E-state index in [2.05, 4.69) is 165 Å². The fraction of sp³-hybridized carbons (Fsp3) is 0. The van der Waals surface area contributed by atoms with Gasteiger partial charge >= 0.3 is 0 Å². The smallest absolute Gasteiger partial charge is 0.101 e. The first-order chi connectivity index (χ1) is 27.2. The number of nitrogens with zero attached hydrogens (tertiary/aromatic N) is 5. The Bertz CT molecular complexity index is 3420. The van der Waals surface area contributed by atoms with Gasteiger partial charge in [-0.2, -0.15) is 10.5 Å². The van der Waals surface area contributed by atoms with Gasteiger partial charge in [0.1, 0.15) is 6.07 Å². The van der Waals surface area contributed by atoms with Crippen molar-refractivity contribution in [1.82, 2.24) is 13.7 Å². The van der Waals surface area contributed by atoms with Crippen molar-refractivity contribution in [2.45, 2.75) is 0 Å². The maximum atomic E-state index is 10.6. The topological polar surface area (TPSA) is 62.4 Å². The molecule has 0 unspecified atom stereocenters. The van der Waals surface area contributed by atoms with E-state index in [0.29, 0.717) is 11.1 Å². The van der Waals surface area contributed by atoms with Crippen LogP contribution in [0.2, 0.25) is 0 Å². The number of hydrogen-bond acceptors (Lipinski definition) is 2. The largest absolute Gasteiger partial charge is 0.309 e. The normalized spacial score (nSPS) is 11.6. The lowest BCUT2D eigenvalue weighted by molar-refractivity contribution is 1.17. The van der Waals surface area contributed by atoms with E-state index in [1.54, 1.807) is 0 Å². The molecule has 11 rings (SSSR count). The molecule has 3 aromatic heterocycles. The standard InChI is InChI=1S/C50H29N5/c51-30-33-13-10-19-41-40-17-3-5-20-43(40)54(50(33)41)36-26-27-37(34(29-36)31-52)32-12-9-14-35(28-32)53-46-23-8-4-18-42(46)49-47(53)24-11-25-48(49)55-44-21-6-1-15-38(44)39-16-2-7-22-45(39)55/h1-29H. The number of nitriles is 2. The lowest BCUT2D eigenvalue weighted by atomic mass is 9.99. The van der Waals surface area contributed by atoms with Crippen molar-refractivity contribution in [2.75, 3.05) is 0 Å². The van der Waals surface area contributed by atoms with Gasteiger partial charge in [0.15, 0.2) is 0 Å². The summed E-state index contributed by atoms with van der Waals surface area (Å²) < 4.78 is 6.85. The van der Waals surface area contributed by atoms with Gasteiger partial charge < -0.3 is 13.7 Å². The molecule has 8 aromatic carbocycles. The Kier molecular flexibility index (Phi) is 6.61. The molecule has 3 heterocycles. The van der Waals surface area contributed by atoms with Gasteiger partial charge in [0, 0.05) is 43.7 Å². The van der Waals surface area contributed by atoms with Crippen molar-refractivity contribution in [2.24, 2.45) is 0 Å². The van der Waals surface area contributed by atoms with E-state index in [4.69, 9.17) is 0 Å². The summed E-state index contributed by atoms with van der Waals surface area (Å²) in [5.74, 6) is 0. The lowest BCUT2D eigenvalue weighted by Gasteiger charge is -2.14. The highest BCUT2D eigenvalue weighted by atomic mass is 15.0. The van der Waals surface area contributed by atoms with Crippen LogP contribution in [0, 0.1) is 22.7 Å². The van der Waals surface area contributed by atoms with Gasteiger partial charge in [-0.1, -0.05) is 109 Å². The molecule has 0 saturated heterocycles. The number of aromatic nitrogens is 3. The fourth-order valence-electron chi connectivity index (χ4n) is 8.85. The first kappa shape index (κ1) is 30.7. The van der Waals surface area contributed by atoms with Crippen molar-refractivity contribution < 1.29 is 0 Å². The Labute approximate surface area is 316 Å². The highest BCUT2D eigenvalue weighted by Gasteiger charge is 2.21. The van der Waals surface area contributed by atoms with Crippen molar-refractivity contribution in [3.8, 4) is 40.3 Å². The summed E-state index contributed by atoms with van der Waals surface area (Å²) in [6, 6.07) is 65.9. The molecule has 0 N–H and O–H groups in total. The minimum atomic E-state index is 0.561. The Morgan fingerprint density at radius 1 is 0.364 bits per heavy atom. The number of hydrogen-bond donors (Lipinski definition) is 0. The molecule has 0 saturated carbocycles. The zero-order valence-electron chi connectivity index (χ0n) is 29.5. The number of fused-ring (bicyclic) bond motifs is 9. The average molecular weight is 700 g/mol. The quantitative estimate of drug-likeness (QED) is 0.184. The maximum Gasteiger partial charge on any atom is 0.101 e. The summed E-state index contributed by atoms with van der Waals surface area (Å²) >= 11 is 0. The zero-order chi connectivity index (χ0) is 36.6. The molecule has 0 atom stereocenters. The summed E-state index contributed by atoms with van der Waals surface area (Å²) in [6.45, 7) is 0. The van der Waals surface area contributed by atoms with Gasteiger partial charge in [-0.05, 0) is 77.9 Å². The Balaban J connectivity index is 1.10. The molecule has 11 aromatic rings. The minimum absolute atomic E-state index is 0.561. The van der Waals surface area contributed by atoms with Crippen LogP contribution in [0.25, 0.3) is 93.6 Å². The van der Waals surface area contributed by atoms with Gasteiger partial charge in [-0.25, -0.2) is 0 Å². The van der Waals surface area contributed by atoms with Crippen LogP contribution < -0.4 is 0 Å². The Morgan fingerprint density at radius 3 is 1.58 bits per heavy atom. The van der Waals surface area contributed by atoms with Crippen molar-refractivity contribution in [3.05, 3.63) is 187 Å². The van der Waals surface area contributed by atoms with Crippen LogP contribution in [0.5, 0.6) is 0 Å². The second kappa shape index (κ2) is 11.8. The SMILES string of the molecule is N#Cc1cc(-n2c3ccccc3c3cccc(C#N)c32)ccc1-c1cccc(-n2c3ccccc3c3c(-n4c5ccccc5c5ccccc54)cccc32)c1. The summed E-state index contributed by atoms with van der Waals surface area (Å²) in [4.78, 5) is 0. The zero-order valence-corrected chi connectivity index (χ0v) is 29.5. The highest BCUT2D eigenvalue weighted by molar-refractivity contribution is 6.16. The number of para-hydroxylation sites is 5. The molecule has 5 nitrogen and oxygen atoms in total. The molecular formula is C50H29N5. The van der Waals surface area contributed by atoms with Crippen LogP contribution in [0.3, 0.4) is 0 Å². The monoisotopic (exact) mass is 699 g/mol. The van der Waals surface area contributed by atoms with Gasteiger partial charge in [-0.15, -0.1) is 0 Å². The second-order valence-corrected chi connectivity index (χ2v) is 14.0. The second-order valence-electron chi connectivity index (χ2n) is 14.0. The summed E-state index contributed by atoms with van der Waals surface area (Å²) in [5.41, 5.74) is 12.3. The molecule has 0 aliphatic heterocycles. The molecule has 0 aliphatic carbocycles. The summed E-state index contributed by atoms with van der Waals surface area (Å²) in [6.07, 6.45) is 0. The third-order valence-corrected chi connectivity index (χ3v) is 11.1. The number of benzene rings is 8. The molecule has 0 aliphatic rings. The fourth-order valence-corrected chi connectivity index (χ4v) is 8.85. The highest BCUT2D eigenvalue weighted by Crippen LogP contribution is 2.41.